The Labute approximate surface area is 296 Å². The van der Waals surface area contributed by atoms with Gasteiger partial charge in [0.2, 0.25) is 5.91 Å². The largest absolute Gasteiger partial charge is 0.350 e. The Balaban J connectivity index is 0.975. The third-order valence-corrected chi connectivity index (χ3v) is 10.8. The van der Waals surface area contributed by atoms with Crippen LogP contribution in [-0.4, -0.2) is 64.1 Å². The van der Waals surface area contributed by atoms with Gasteiger partial charge in [0.1, 0.15) is 0 Å². The van der Waals surface area contributed by atoms with Crippen molar-refractivity contribution in [1.29, 1.82) is 0 Å². The lowest BCUT2D eigenvalue weighted by Crippen LogP contribution is -2.36. The molecule has 1 unspecified atom stereocenters. The zero-order valence-corrected chi connectivity index (χ0v) is 29.4. The van der Waals surface area contributed by atoms with E-state index in [9.17, 15) is 19.2 Å². The molecule has 252 valence electrons. The van der Waals surface area contributed by atoms with E-state index >= 15 is 0 Å². The minimum absolute atomic E-state index is 0.00950. The first kappa shape index (κ1) is 34.3. The summed E-state index contributed by atoms with van der Waals surface area (Å²) in [6.07, 6.45) is 1.01. The molecule has 10 heteroatoms. The summed E-state index contributed by atoms with van der Waals surface area (Å²) in [6, 6.07) is 28.8. The second kappa shape index (κ2) is 15.8. The summed E-state index contributed by atoms with van der Waals surface area (Å²) < 4.78 is 0. The van der Waals surface area contributed by atoms with E-state index in [4.69, 9.17) is 0 Å². The number of hydrogen-bond donors (Lipinski definition) is 2. The van der Waals surface area contributed by atoms with Crippen molar-refractivity contribution in [2.45, 2.75) is 55.6 Å². The number of nitrogens with one attached hydrogen (secondary N) is 2. The van der Waals surface area contributed by atoms with E-state index in [0.29, 0.717) is 42.9 Å². The number of para-hydroxylation sites is 1. The van der Waals surface area contributed by atoms with Gasteiger partial charge in [-0.15, -0.1) is 23.5 Å². The van der Waals surface area contributed by atoms with E-state index in [2.05, 4.69) is 23.6 Å². The summed E-state index contributed by atoms with van der Waals surface area (Å²) in [5, 5.41) is 6.05. The molecule has 8 nitrogen and oxygen atoms in total. The van der Waals surface area contributed by atoms with Crippen molar-refractivity contribution in [3.05, 3.63) is 124 Å². The summed E-state index contributed by atoms with van der Waals surface area (Å²) in [6.45, 7) is 5.85. The van der Waals surface area contributed by atoms with Gasteiger partial charge in [-0.3, -0.25) is 19.2 Å². The van der Waals surface area contributed by atoms with Crippen LogP contribution in [0.2, 0.25) is 0 Å². The van der Waals surface area contributed by atoms with E-state index in [1.807, 2.05) is 91.9 Å². The molecule has 4 aromatic carbocycles. The minimum Gasteiger partial charge on any atom is -0.350 e. The van der Waals surface area contributed by atoms with Crippen LogP contribution in [0.3, 0.4) is 0 Å². The van der Waals surface area contributed by atoms with Crippen LogP contribution in [0.25, 0.3) is 0 Å². The average molecular weight is 693 g/mol. The lowest BCUT2D eigenvalue weighted by Gasteiger charge is -2.24. The fourth-order valence-corrected chi connectivity index (χ4v) is 8.10. The summed E-state index contributed by atoms with van der Waals surface area (Å²) in [7, 11) is 0. The fourth-order valence-electron chi connectivity index (χ4n) is 6.29. The molecule has 0 bridgehead atoms. The van der Waals surface area contributed by atoms with Crippen LogP contribution in [0.4, 0.5) is 5.69 Å². The molecule has 0 saturated carbocycles. The number of carbonyl (C=O) groups is 4. The Bertz CT molecular complexity index is 1880. The lowest BCUT2D eigenvalue weighted by molar-refractivity contribution is -0.117. The van der Waals surface area contributed by atoms with Gasteiger partial charge in [0.15, 0.2) is 0 Å². The Morgan fingerprint density at radius 2 is 1.55 bits per heavy atom. The van der Waals surface area contributed by atoms with Gasteiger partial charge in [-0.1, -0.05) is 61.5 Å². The van der Waals surface area contributed by atoms with Crippen molar-refractivity contribution in [1.82, 2.24) is 15.1 Å². The van der Waals surface area contributed by atoms with Gasteiger partial charge in [-0.2, -0.15) is 0 Å². The third-order valence-electron chi connectivity index (χ3n) is 8.82. The molecular formula is C39H40N4O4S2. The van der Waals surface area contributed by atoms with Crippen molar-refractivity contribution in [3.8, 4) is 0 Å². The number of thioether (sulfide) groups is 2. The smallest absolute Gasteiger partial charge is 0.254 e. The minimum atomic E-state index is -0.228. The molecule has 2 aliphatic heterocycles. The molecule has 0 aromatic heterocycles. The third kappa shape index (κ3) is 8.03. The van der Waals surface area contributed by atoms with Crippen molar-refractivity contribution >= 4 is 52.8 Å². The standard InChI is InChI=1S/C39H40N4O4S2/c1-3-48-34-14-8-6-12-32(34)37(45)40-19-20-42-24-29-23-27(16-17-31(29)38(42)46)18-21-49-35-15-9-7-13-33(35)41-36(44)22-26(2)43-25-28-10-4-5-11-30(28)39(43)47/h4-17,23,26H,3,18-22,24-25H2,1-2H3,(H,40,45)(H,41,44). The number of amides is 4. The highest BCUT2D eigenvalue weighted by Crippen LogP contribution is 2.30. The fraction of sp³-hybridized carbons (Fsp3) is 0.282. The van der Waals surface area contributed by atoms with E-state index in [-0.39, 0.29) is 36.1 Å². The predicted octanol–water partition coefficient (Wildman–Crippen LogP) is 6.89. The zero-order valence-electron chi connectivity index (χ0n) is 27.7. The molecular weight excluding hydrogens is 653 g/mol. The van der Waals surface area contributed by atoms with Crippen LogP contribution >= 0.6 is 23.5 Å². The molecule has 0 spiro atoms. The molecule has 2 heterocycles. The Hall–Kier alpha value is -4.54. The molecule has 0 saturated heterocycles. The van der Waals surface area contributed by atoms with Gasteiger partial charge in [0, 0.05) is 65.3 Å². The quantitative estimate of drug-likeness (QED) is 0.140. The molecule has 49 heavy (non-hydrogen) atoms. The van der Waals surface area contributed by atoms with Crippen molar-refractivity contribution in [3.63, 3.8) is 0 Å². The SMILES string of the molecule is CCSc1ccccc1C(=O)NCCN1Cc2cc(CCSc3ccccc3NC(=O)CC(C)N3Cc4ccccc4C3=O)ccc2C1=O. The van der Waals surface area contributed by atoms with Gasteiger partial charge < -0.3 is 20.4 Å². The highest BCUT2D eigenvalue weighted by Gasteiger charge is 2.31. The second-order valence-corrected chi connectivity index (χ2v) is 14.6. The maximum absolute atomic E-state index is 13.1. The van der Waals surface area contributed by atoms with Crippen LogP contribution in [0.1, 0.15) is 68.0 Å². The normalized spacial score (nSPS) is 14.1. The maximum Gasteiger partial charge on any atom is 0.254 e. The molecule has 4 aromatic rings. The Morgan fingerprint density at radius 3 is 2.37 bits per heavy atom. The topological polar surface area (TPSA) is 98.8 Å². The summed E-state index contributed by atoms with van der Waals surface area (Å²) >= 11 is 3.31. The molecule has 6 rings (SSSR count). The summed E-state index contributed by atoms with van der Waals surface area (Å²) in [4.78, 5) is 57.3. The van der Waals surface area contributed by atoms with Gasteiger partial charge in [-0.05, 0) is 72.2 Å². The number of hydrogen-bond acceptors (Lipinski definition) is 6. The van der Waals surface area contributed by atoms with Crippen LogP contribution in [0, 0.1) is 0 Å². The van der Waals surface area contributed by atoms with E-state index in [1.54, 1.807) is 33.3 Å². The van der Waals surface area contributed by atoms with Crippen molar-refractivity contribution in [2.24, 2.45) is 0 Å². The maximum atomic E-state index is 13.1. The molecule has 2 N–H and O–H groups in total. The second-order valence-electron chi connectivity index (χ2n) is 12.2. The molecule has 1 atom stereocenters. The van der Waals surface area contributed by atoms with Crippen molar-refractivity contribution < 1.29 is 19.2 Å². The molecule has 2 aliphatic rings. The van der Waals surface area contributed by atoms with Crippen LogP contribution in [0.15, 0.2) is 101 Å². The molecule has 4 amide bonds. The lowest BCUT2D eigenvalue weighted by atomic mass is 10.0. The first-order chi connectivity index (χ1) is 23.8. The summed E-state index contributed by atoms with van der Waals surface area (Å²) in [5.74, 6) is 1.40. The monoisotopic (exact) mass is 692 g/mol. The highest BCUT2D eigenvalue weighted by atomic mass is 32.2. The Kier molecular flexibility index (Phi) is 11.1. The van der Waals surface area contributed by atoms with Gasteiger partial charge in [0.25, 0.3) is 17.7 Å². The molecule has 0 fully saturated rings. The van der Waals surface area contributed by atoms with E-state index in [0.717, 1.165) is 50.1 Å². The first-order valence-corrected chi connectivity index (χ1v) is 18.6. The number of carbonyl (C=O) groups excluding carboxylic acids is 4. The Morgan fingerprint density at radius 1 is 0.816 bits per heavy atom. The van der Waals surface area contributed by atoms with Gasteiger partial charge in [0.05, 0.1) is 11.3 Å². The van der Waals surface area contributed by atoms with Crippen molar-refractivity contribution in [2.75, 3.05) is 29.9 Å². The van der Waals surface area contributed by atoms with Crippen LogP contribution < -0.4 is 10.6 Å². The number of rotatable bonds is 14. The van der Waals surface area contributed by atoms with Gasteiger partial charge >= 0.3 is 0 Å². The number of nitrogens with zero attached hydrogens (tertiary/aromatic N) is 2. The van der Waals surface area contributed by atoms with Gasteiger partial charge in [-0.25, -0.2) is 0 Å². The summed E-state index contributed by atoms with van der Waals surface area (Å²) in [5.41, 5.74) is 6.00. The number of anilines is 1. The average Bonchev–Trinajstić information content (AvgIpc) is 3.61. The number of benzene rings is 4. The van der Waals surface area contributed by atoms with Crippen LogP contribution in [-0.2, 0) is 24.3 Å². The number of fused-ring (bicyclic) bond motifs is 2. The highest BCUT2D eigenvalue weighted by molar-refractivity contribution is 7.99. The molecule has 0 radical (unpaired) electrons. The zero-order chi connectivity index (χ0) is 34.3. The molecule has 0 aliphatic carbocycles. The van der Waals surface area contributed by atoms with Crippen LogP contribution in [0.5, 0.6) is 0 Å². The van der Waals surface area contributed by atoms with E-state index < -0.39 is 0 Å². The van der Waals surface area contributed by atoms with E-state index in [1.165, 1.54) is 0 Å². The number of aryl methyl sites for hydroxylation is 1. The predicted molar refractivity (Wildman–Crippen MR) is 196 cm³/mol. The first-order valence-electron chi connectivity index (χ1n) is 16.6.